The molecule has 0 radical (unpaired) electrons. The number of hydrogen-bond acceptors (Lipinski definition) is 3. The maximum absolute atomic E-state index is 9.95. The Labute approximate surface area is 47.6 Å². The van der Waals surface area contributed by atoms with Crippen LogP contribution in [0, 0.1) is 0 Å². The highest BCUT2D eigenvalue weighted by atomic mass is 16.2. The van der Waals surface area contributed by atoms with E-state index in [-0.39, 0.29) is 18.4 Å². The molecule has 0 saturated carbocycles. The van der Waals surface area contributed by atoms with E-state index in [0.717, 1.165) is 0 Å². The van der Waals surface area contributed by atoms with Crippen molar-refractivity contribution in [1.29, 1.82) is 0 Å². The minimum Gasteiger partial charge on any atom is -0.369 e. The van der Waals surface area contributed by atoms with Crippen LogP contribution in [0.1, 0.15) is 13.3 Å². The molecule has 0 saturated heterocycles. The van der Waals surface area contributed by atoms with E-state index in [0.29, 0.717) is 0 Å². The fourth-order valence-corrected chi connectivity index (χ4v) is 0.245. The fraction of sp³-hybridized carbons (Fsp3) is 0.500. The topological polar surface area (TPSA) is 95.2 Å². The second kappa shape index (κ2) is 4.26. The Kier molecular flexibility index (Phi) is 5.41. The summed E-state index contributed by atoms with van der Waals surface area (Å²) in [4.78, 5) is 19.8. The molecule has 0 atom stereocenters. The number of carbonyl (C=O) groups excluding carboxylic acids is 2. The summed E-state index contributed by atoms with van der Waals surface area (Å²) >= 11 is 0. The van der Waals surface area contributed by atoms with Crippen LogP contribution in [0.15, 0.2) is 0 Å². The van der Waals surface area contributed by atoms with E-state index in [2.05, 4.69) is 5.73 Å². The quantitative estimate of drug-likeness (QED) is 0.483. The zero-order valence-corrected chi connectivity index (χ0v) is 4.81. The molecular formula is C4H10N2O2. The monoisotopic (exact) mass is 118 g/mol. The van der Waals surface area contributed by atoms with Gasteiger partial charge in [0.1, 0.15) is 5.78 Å². The summed E-state index contributed by atoms with van der Waals surface area (Å²) in [7, 11) is 0. The van der Waals surface area contributed by atoms with E-state index in [1.54, 1.807) is 0 Å². The number of Topliss-reactive ketones (excluding diaryl/α,β-unsaturated/α-hetero) is 1. The second-order valence-corrected chi connectivity index (χ2v) is 1.35. The summed E-state index contributed by atoms with van der Waals surface area (Å²) in [5.74, 6) is -0.750. The lowest BCUT2D eigenvalue weighted by Crippen LogP contribution is -2.13. The molecule has 0 spiro atoms. The average molecular weight is 118 g/mol. The van der Waals surface area contributed by atoms with Crippen molar-refractivity contribution in [3.8, 4) is 0 Å². The first-order valence-corrected chi connectivity index (χ1v) is 1.90. The molecule has 0 aromatic heterocycles. The van der Waals surface area contributed by atoms with E-state index in [1.807, 2.05) is 0 Å². The Balaban J connectivity index is 0. The van der Waals surface area contributed by atoms with Crippen LogP contribution >= 0.6 is 0 Å². The summed E-state index contributed by atoms with van der Waals surface area (Å²) in [5.41, 5.74) is 4.63. The van der Waals surface area contributed by atoms with Crippen molar-refractivity contribution >= 4 is 11.7 Å². The lowest BCUT2D eigenvalue weighted by Gasteiger charge is -1.82. The van der Waals surface area contributed by atoms with Gasteiger partial charge in [0, 0.05) is 0 Å². The van der Waals surface area contributed by atoms with Crippen molar-refractivity contribution in [1.82, 2.24) is 6.15 Å². The van der Waals surface area contributed by atoms with E-state index in [9.17, 15) is 9.59 Å². The molecule has 0 aromatic rings. The third kappa shape index (κ3) is 8.92. The maximum atomic E-state index is 9.95. The fourth-order valence-electron chi connectivity index (χ4n) is 0.245. The van der Waals surface area contributed by atoms with Gasteiger partial charge in [-0.25, -0.2) is 0 Å². The van der Waals surface area contributed by atoms with Crippen molar-refractivity contribution in [3.63, 3.8) is 0 Å². The van der Waals surface area contributed by atoms with Crippen LogP contribution in [0.25, 0.3) is 0 Å². The Morgan fingerprint density at radius 2 is 1.88 bits per heavy atom. The molecule has 0 heterocycles. The summed E-state index contributed by atoms with van der Waals surface area (Å²) in [6.45, 7) is 1.32. The number of primary amides is 1. The van der Waals surface area contributed by atoms with Gasteiger partial charge in [0.25, 0.3) is 0 Å². The molecule has 48 valence electrons. The minimum absolute atomic E-state index is 0. The van der Waals surface area contributed by atoms with Crippen molar-refractivity contribution in [2.75, 3.05) is 0 Å². The van der Waals surface area contributed by atoms with Crippen molar-refractivity contribution in [3.05, 3.63) is 0 Å². The molecule has 1 amide bonds. The second-order valence-electron chi connectivity index (χ2n) is 1.35. The SMILES string of the molecule is CC(=O)CC(N)=O.N. The zero-order chi connectivity index (χ0) is 5.86. The summed E-state index contributed by atoms with van der Waals surface area (Å²) in [5, 5.41) is 0. The third-order valence-corrected chi connectivity index (χ3v) is 0.423. The number of carbonyl (C=O) groups is 2. The standard InChI is InChI=1S/C4H7NO2.H3N/c1-3(6)2-4(5)7;/h2H2,1H3,(H2,5,7);1H3. The molecule has 0 rings (SSSR count). The average Bonchev–Trinajstić information content (AvgIpc) is 1.27. The summed E-state index contributed by atoms with van der Waals surface area (Å²) < 4.78 is 0. The summed E-state index contributed by atoms with van der Waals surface area (Å²) in [6.07, 6.45) is -0.139. The molecule has 0 aromatic carbocycles. The molecule has 5 N–H and O–H groups in total. The van der Waals surface area contributed by atoms with Gasteiger partial charge < -0.3 is 11.9 Å². The van der Waals surface area contributed by atoms with E-state index < -0.39 is 5.91 Å². The van der Waals surface area contributed by atoms with Gasteiger partial charge in [0.05, 0.1) is 6.42 Å². The molecule has 0 unspecified atom stereocenters. The number of amides is 1. The van der Waals surface area contributed by atoms with Gasteiger partial charge in [0.2, 0.25) is 5.91 Å². The number of hydrogen-bond donors (Lipinski definition) is 2. The Morgan fingerprint density at radius 1 is 1.50 bits per heavy atom. The molecule has 4 nitrogen and oxygen atoms in total. The van der Waals surface area contributed by atoms with Crippen LogP contribution in [0.2, 0.25) is 0 Å². The molecule has 0 aliphatic carbocycles. The van der Waals surface area contributed by atoms with Gasteiger partial charge in [-0.3, -0.25) is 9.59 Å². The van der Waals surface area contributed by atoms with E-state index in [4.69, 9.17) is 0 Å². The number of ketones is 1. The lowest BCUT2D eigenvalue weighted by molar-refractivity contribution is -0.125. The van der Waals surface area contributed by atoms with E-state index in [1.165, 1.54) is 6.92 Å². The molecule has 0 fully saturated rings. The molecule has 8 heavy (non-hydrogen) atoms. The third-order valence-electron chi connectivity index (χ3n) is 0.423. The Hall–Kier alpha value is -0.900. The van der Waals surface area contributed by atoms with E-state index >= 15 is 0 Å². The van der Waals surface area contributed by atoms with Crippen molar-refractivity contribution < 1.29 is 9.59 Å². The number of rotatable bonds is 2. The molecular weight excluding hydrogens is 108 g/mol. The molecule has 0 aliphatic rings. The maximum Gasteiger partial charge on any atom is 0.224 e. The van der Waals surface area contributed by atoms with Crippen molar-refractivity contribution in [2.24, 2.45) is 5.73 Å². The predicted octanol–water partition coefficient (Wildman–Crippen LogP) is -0.387. The van der Waals surface area contributed by atoms with Gasteiger partial charge in [-0.15, -0.1) is 0 Å². The largest absolute Gasteiger partial charge is 0.369 e. The predicted molar refractivity (Wildman–Crippen MR) is 29.5 cm³/mol. The van der Waals surface area contributed by atoms with Gasteiger partial charge in [-0.2, -0.15) is 0 Å². The smallest absolute Gasteiger partial charge is 0.224 e. The van der Waals surface area contributed by atoms with Crippen LogP contribution < -0.4 is 11.9 Å². The highest BCUT2D eigenvalue weighted by molar-refractivity contribution is 5.95. The van der Waals surface area contributed by atoms with Crippen LogP contribution in [0.3, 0.4) is 0 Å². The van der Waals surface area contributed by atoms with Crippen LogP contribution in [-0.2, 0) is 9.59 Å². The Morgan fingerprint density at radius 3 is 1.88 bits per heavy atom. The van der Waals surface area contributed by atoms with Crippen molar-refractivity contribution in [2.45, 2.75) is 13.3 Å². The normalized spacial score (nSPS) is 7.12. The number of nitrogens with two attached hydrogens (primary N) is 1. The molecule has 0 aliphatic heterocycles. The van der Waals surface area contributed by atoms with Crippen LogP contribution in [0.5, 0.6) is 0 Å². The lowest BCUT2D eigenvalue weighted by atomic mass is 10.3. The van der Waals surface area contributed by atoms with Gasteiger partial charge in [-0.05, 0) is 6.92 Å². The Bertz CT molecular complexity index is 88.2. The van der Waals surface area contributed by atoms with Gasteiger partial charge in [-0.1, -0.05) is 0 Å². The first kappa shape index (κ1) is 10.2. The zero-order valence-electron chi connectivity index (χ0n) is 4.81. The van der Waals surface area contributed by atoms with Crippen LogP contribution in [0.4, 0.5) is 0 Å². The minimum atomic E-state index is -0.562. The van der Waals surface area contributed by atoms with Crippen LogP contribution in [-0.4, -0.2) is 11.7 Å². The van der Waals surface area contributed by atoms with Gasteiger partial charge in [0.15, 0.2) is 0 Å². The van der Waals surface area contributed by atoms with Gasteiger partial charge >= 0.3 is 0 Å². The first-order valence-electron chi connectivity index (χ1n) is 1.90. The summed E-state index contributed by atoms with van der Waals surface area (Å²) in [6, 6.07) is 0. The molecule has 0 bridgehead atoms. The molecule has 4 heteroatoms. The highest BCUT2D eigenvalue weighted by Crippen LogP contribution is 1.75. The highest BCUT2D eigenvalue weighted by Gasteiger charge is 1.95. The first-order chi connectivity index (χ1) is 3.13.